The van der Waals surface area contributed by atoms with Crippen LogP contribution in [0.2, 0.25) is 0 Å². The summed E-state index contributed by atoms with van der Waals surface area (Å²) in [5, 5.41) is 3.88. The van der Waals surface area contributed by atoms with Gasteiger partial charge in [-0.25, -0.2) is 0 Å². The number of piperazine rings is 1. The molecule has 2 unspecified atom stereocenters. The Morgan fingerprint density at radius 3 is 2.28 bits per heavy atom. The highest BCUT2D eigenvalue weighted by Crippen LogP contribution is 2.42. The molecule has 0 aromatic carbocycles. The van der Waals surface area contributed by atoms with Crippen LogP contribution in [0.5, 0.6) is 0 Å². The van der Waals surface area contributed by atoms with Crippen LogP contribution in [0.3, 0.4) is 0 Å². The molecule has 0 amide bonds. The zero-order valence-electron chi connectivity index (χ0n) is 13.0. The van der Waals surface area contributed by atoms with E-state index in [9.17, 15) is 0 Å². The summed E-state index contributed by atoms with van der Waals surface area (Å²) in [4.78, 5) is 2.83. The Bertz CT molecular complexity index is 268. The molecular formula is C16H32N2. The van der Waals surface area contributed by atoms with Crippen LogP contribution in [0.4, 0.5) is 0 Å². The van der Waals surface area contributed by atoms with Crippen molar-refractivity contribution in [1.82, 2.24) is 10.2 Å². The molecule has 0 radical (unpaired) electrons. The van der Waals surface area contributed by atoms with E-state index in [2.05, 4.69) is 44.8 Å². The predicted molar refractivity (Wildman–Crippen MR) is 78.8 cm³/mol. The SMILES string of the molecule is CCC(CC)N1CC(C)(C2CC2)NCC1C(C)C. The first-order chi connectivity index (χ1) is 8.51. The minimum Gasteiger partial charge on any atom is -0.308 e. The smallest absolute Gasteiger partial charge is 0.0309 e. The Morgan fingerprint density at radius 1 is 1.22 bits per heavy atom. The number of hydrogen-bond acceptors (Lipinski definition) is 2. The molecule has 18 heavy (non-hydrogen) atoms. The average molecular weight is 252 g/mol. The molecule has 1 aliphatic heterocycles. The summed E-state index contributed by atoms with van der Waals surface area (Å²) in [7, 11) is 0. The van der Waals surface area contributed by atoms with Gasteiger partial charge in [-0.2, -0.15) is 0 Å². The fourth-order valence-electron chi connectivity index (χ4n) is 3.78. The van der Waals surface area contributed by atoms with Gasteiger partial charge in [-0.15, -0.1) is 0 Å². The monoisotopic (exact) mass is 252 g/mol. The molecule has 106 valence electrons. The van der Waals surface area contributed by atoms with E-state index in [1.165, 1.54) is 38.8 Å². The fourth-order valence-corrected chi connectivity index (χ4v) is 3.78. The van der Waals surface area contributed by atoms with Gasteiger partial charge in [-0.1, -0.05) is 27.7 Å². The Hall–Kier alpha value is -0.0800. The molecule has 2 atom stereocenters. The first-order valence-electron chi connectivity index (χ1n) is 8.02. The van der Waals surface area contributed by atoms with Crippen molar-refractivity contribution in [2.45, 2.75) is 77.9 Å². The predicted octanol–water partition coefficient (Wildman–Crippen LogP) is 3.27. The van der Waals surface area contributed by atoms with Crippen molar-refractivity contribution in [2.75, 3.05) is 13.1 Å². The van der Waals surface area contributed by atoms with Crippen LogP contribution in [-0.2, 0) is 0 Å². The largest absolute Gasteiger partial charge is 0.308 e. The van der Waals surface area contributed by atoms with Crippen molar-refractivity contribution in [3.05, 3.63) is 0 Å². The maximum atomic E-state index is 3.88. The molecule has 2 rings (SSSR count). The Kier molecular flexibility index (Phi) is 4.38. The Morgan fingerprint density at radius 2 is 1.83 bits per heavy atom. The zero-order valence-corrected chi connectivity index (χ0v) is 13.0. The van der Waals surface area contributed by atoms with Crippen LogP contribution in [0, 0.1) is 11.8 Å². The number of hydrogen-bond donors (Lipinski definition) is 1. The topological polar surface area (TPSA) is 15.3 Å². The molecule has 1 heterocycles. The van der Waals surface area contributed by atoms with Crippen molar-refractivity contribution in [1.29, 1.82) is 0 Å². The molecule has 0 aromatic heterocycles. The third-order valence-electron chi connectivity index (χ3n) is 5.31. The van der Waals surface area contributed by atoms with Crippen LogP contribution >= 0.6 is 0 Å². The molecular weight excluding hydrogens is 220 g/mol. The maximum absolute atomic E-state index is 3.88. The first kappa shape index (κ1) is 14.3. The molecule has 2 fully saturated rings. The number of nitrogens with one attached hydrogen (secondary N) is 1. The average Bonchev–Trinajstić information content (AvgIpc) is 3.14. The van der Waals surface area contributed by atoms with Gasteiger partial charge in [0.05, 0.1) is 0 Å². The van der Waals surface area contributed by atoms with E-state index in [-0.39, 0.29) is 0 Å². The third-order valence-corrected chi connectivity index (χ3v) is 5.31. The highest BCUT2D eigenvalue weighted by atomic mass is 15.3. The molecule has 1 N–H and O–H groups in total. The van der Waals surface area contributed by atoms with E-state index in [4.69, 9.17) is 0 Å². The van der Waals surface area contributed by atoms with Crippen LogP contribution in [0.25, 0.3) is 0 Å². The lowest BCUT2D eigenvalue weighted by molar-refractivity contribution is 0.0155. The van der Waals surface area contributed by atoms with Gasteiger partial charge < -0.3 is 5.32 Å². The van der Waals surface area contributed by atoms with Gasteiger partial charge in [-0.05, 0) is 44.4 Å². The quantitative estimate of drug-likeness (QED) is 0.808. The summed E-state index contributed by atoms with van der Waals surface area (Å²) in [5.74, 6) is 1.68. The second-order valence-electron chi connectivity index (χ2n) is 7.03. The molecule has 0 bridgehead atoms. The van der Waals surface area contributed by atoms with E-state index in [0.29, 0.717) is 5.54 Å². The van der Waals surface area contributed by atoms with Gasteiger partial charge in [0, 0.05) is 30.7 Å². The molecule has 2 aliphatic rings. The fraction of sp³-hybridized carbons (Fsp3) is 1.00. The minimum absolute atomic E-state index is 0.383. The van der Waals surface area contributed by atoms with Gasteiger partial charge in [0.1, 0.15) is 0 Å². The van der Waals surface area contributed by atoms with Crippen LogP contribution in [0.15, 0.2) is 0 Å². The van der Waals surface area contributed by atoms with E-state index in [1.54, 1.807) is 0 Å². The van der Waals surface area contributed by atoms with Crippen LogP contribution in [-0.4, -0.2) is 35.6 Å². The molecule has 2 nitrogen and oxygen atoms in total. The third kappa shape index (κ3) is 2.75. The van der Waals surface area contributed by atoms with Crippen molar-refractivity contribution in [3.8, 4) is 0 Å². The molecule has 1 saturated carbocycles. The standard InChI is InChI=1S/C16H32N2/c1-6-14(7-2)18-11-16(5,13-8-9-13)17-10-15(18)12(3)4/h12-15,17H,6-11H2,1-5H3. The second-order valence-corrected chi connectivity index (χ2v) is 7.03. The Labute approximate surface area is 114 Å². The van der Waals surface area contributed by atoms with Crippen molar-refractivity contribution < 1.29 is 0 Å². The maximum Gasteiger partial charge on any atom is 0.0309 e. The van der Waals surface area contributed by atoms with Crippen molar-refractivity contribution in [2.24, 2.45) is 11.8 Å². The summed E-state index contributed by atoms with van der Waals surface area (Å²) < 4.78 is 0. The van der Waals surface area contributed by atoms with Gasteiger partial charge in [0.2, 0.25) is 0 Å². The highest BCUT2D eigenvalue weighted by Gasteiger charge is 2.47. The van der Waals surface area contributed by atoms with Gasteiger partial charge in [0.15, 0.2) is 0 Å². The zero-order chi connectivity index (χ0) is 13.3. The lowest BCUT2D eigenvalue weighted by Gasteiger charge is -2.51. The van der Waals surface area contributed by atoms with Crippen LogP contribution < -0.4 is 5.32 Å². The summed E-state index contributed by atoms with van der Waals surface area (Å²) in [6.45, 7) is 14.3. The number of rotatable bonds is 5. The summed E-state index contributed by atoms with van der Waals surface area (Å²) >= 11 is 0. The normalized spacial score (nSPS) is 34.5. The molecule has 0 spiro atoms. The first-order valence-corrected chi connectivity index (χ1v) is 8.02. The number of nitrogens with zero attached hydrogens (tertiary/aromatic N) is 1. The highest BCUT2D eigenvalue weighted by molar-refractivity contribution is 5.05. The summed E-state index contributed by atoms with van der Waals surface area (Å²) in [6, 6.07) is 1.50. The van der Waals surface area contributed by atoms with Gasteiger partial charge >= 0.3 is 0 Å². The van der Waals surface area contributed by atoms with E-state index < -0.39 is 0 Å². The van der Waals surface area contributed by atoms with E-state index >= 15 is 0 Å². The summed E-state index contributed by atoms with van der Waals surface area (Å²) in [5.41, 5.74) is 0.383. The second kappa shape index (κ2) is 5.50. The molecule has 0 aromatic rings. The Balaban J connectivity index is 2.12. The molecule has 1 aliphatic carbocycles. The minimum atomic E-state index is 0.383. The van der Waals surface area contributed by atoms with E-state index in [0.717, 1.165) is 23.9 Å². The van der Waals surface area contributed by atoms with Crippen molar-refractivity contribution >= 4 is 0 Å². The van der Waals surface area contributed by atoms with Crippen LogP contribution in [0.1, 0.15) is 60.3 Å². The molecule has 2 heteroatoms. The lowest BCUT2D eigenvalue weighted by atomic mass is 9.86. The van der Waals surface area contributed by atoms with E-state index in [1.807, 2.05) is 0 Å². The van der Waals surface area contributed by atoms with Gasteiger partial charge in [0.25, 0.3) is 0 Å². The van der Waals surface area contributed by atoms with Crippen molar-refractivity contribution in [3.63, 3.8) is 0 Å². The lowest BCUT2D eigenvalue weighted by Crippen LogP contribution is -2.67. The molecule has 1 saturated heterocycles. The summed E-state index contributed by atoms with van der Waals surface area (Å²) in [6.07, 6.45) is 5.46. The van der Waals surface area contributed by atoms with Gasteiger partial charge in [-0.3, -0.25) is 4.90 Å².